The highest BCUT2D eigenvalue weighted by Crippen LogP contribution is 2.31. The number of para-hydroxylation sites is 1. The van der Waals surface area contributed by atoms with Crippen LogP contribution in [-0.2, 0) is 19.1 Å². The second-order valence-electron chi connectivity index (χ2n) is 9.92. The van der Waals surface area contributed by atoms with Crippen molar-refractivity contribution in [2.24, 2.45) is 5.92 Å². The summed E-state index contributed by atoms with van der Waals surface area (Å²) in [6.45, 7) is 3.35. The Morgan fingerprint density at radius 2 is 1.81 bits per heavy atom. The van der Waals surface area contributed by atoms with Crippen LogP contribution in [0.25, 0.3) is 0 Å². The van der Waals surface area contributed by atoms with Crippen LogP contribution in [0.5, 0.6) is 5.75 Å². The van der Waals surface area contributed by atoms with Crippen molar-refractivity contribution >= 4 is 22.9 Å². The molecule has 2 aromatic carbocycles. The van der Waals surface area contributed by atoms with Crippen LogP contribution in [0.4, 0.5) is 39.1 Å². The largest absolute Gasteiger partial charge is 0.494 e. The summed E-state index contributed by atoms with van der Waals surface area (Å²) in [5.74, 6) is -0.871. The van der Waals surface area contributed by atoms with Crippen molar-refractivity contribution in [1.82, 2.24) is 20.3 Å². The maximum atomic E-state index is 14.6. The summed E-state index contributed by atoms with van der Waals surface area (Å²) in [5, 5.41) is 18.0. The van der Waals surface area contributed by atoms with Crippen LogP contribution in [0.2, 0.25) is 0 Å². The average molecular weight is 598 g/mol. The molecule has 224 valence electrons. The molecule has 5 rings (SSSR count). The van der Waals surface area contributed by atoms with Crippen LogP contribution in [0.3, 0.4) is 0 Å². The van der Waals surface area contributed by atoms with Crippen molar-refractivity contribution in [3.8, 4) is 5.75 Å². The van der Waals surface area contributed by atoms with Gasteiger partial charge in [-0.25, -0.2) is 18.7 Å². The molecule has 1 fully saturated rings. The summed E-state index contributed by atoms with van der Waals surface area (Å²) < 4.78 is 74.3. The van der Waals surface area contributed by atoms with E-state index in [-0.39, 0.29) is 47.5 Å². The zero-order valence-corrected chi connectivity index (χ0v) is 23.0. The number of alkyl halides is 3. The lowest BCUT2D eigenvalue weighted by Gasteiger charge is -2.27. The Hall–Kier alpha value is -4.65. The monoisotopic (exact) mass is 597 g/mol. The first-order valence-electron chi connectivity index (χ1n) is 13.5. The number of hydrogen-bond acceptors (Lipinski definition) is 8. The first-order valence-corrected chi connectivity index (χ1v) is 13.5. The van der Waals surface area contributed by atoms with Gasteiger partial charge in [-0.05, 0) is 50.6 Å². The van der Waals surface area contributed by atoms with Crippen molar-refractivity contribution in [3.63, 3.8) is 0 Å². The Kier molecular flexibility index (Phi) is 8.81. The summed E-state index contributed by atoms with van der Waals surface area (Å²) in [6.07, 6.45) is -1.42. The zero-order chi connectivity index (χ0) is 30.6. The third-order valence-electron chi connectivity index (χ3n) is 6.85. The molecule has 1 aliphatic rings. The summed E-state index contributed by atoms with van der Waals surface area (Å²) >= 11 is 0. The van der Waals surface area contributed by atoms with E-state index in [1.807, 2.05) is 0 Å². The Morgan fingerprint density at radius 1 is 1.07 bits per heavy atom. The van der Waals surface area contributed by atoms with Gasteiger partial charge in [0.15, 0.2) is 5.82 Å². The molecule has 0 bridgehead atoms. The highest BCUT2D eigenvalue weighted by atomic mass is 19.4. The van der Waals surface area contributed by atoms with Crippen molar-refractivity contribution in [2.75, 3.05) is 30.3 Å². The zero-order valence-electron chi connectivity index (χ0n) is 23.0. The molecule has 3 heterocycles. The van der Waals surface area contributed by atoms with Crippen LogP contribution in [0.15, 0.2) is 60.9 Å². The molecular weight excluding hydrogens is 569 g/mol. The van der Waals surface area contributed by atoms with Gasteiger partial charge in [-0.1, -0.05) is 18.2 Å². The standard InChI is InChI=1S/C30H28F5N7O/c1-2-43-20-11-23(31)22(24(32)12-20)16-39-25-6-4-3-5-21(25)27(36)29-40-15-18(9-17-13-37-14-17)28(42-29)41-19-7-8-38-26(10-19)30(33,34)35/h3-8,10-12,15,17,36-37,39H,2,9,13-14,16H2,1H3,(H,38,40,41,42). The van der Waals surface area contributed by atoms with Gasteiger partial charge >= 0.3 is 6.18 Å². The molecule has 43 heavy (non-hydrogen) atoms. The molecule has 13 heteroatoms. The Morgan fingerprint density at radius 3 is 2.49 bits per heavy atom. The number of anilines is 3. The van der Waals surface area contributed by atoms with Crippen molar-refractivity contribution in [1.29, 1.82) is 5.41 Å². The first-order chi connectivity index (χ1) is 20.6. The number of rotatable bonds is 11. The van der Waals surface area contributed by atoms with Gasteiger partial charge in [0.1, 0.15) is 34.6 Å². The van der Waals surface area contributed by atoms with Crippen LogP contribution in [-0.4, -0.2) is 40.4 Å². The van der Waals surface area contributed by atoms with E-state index in [0.717, 1.165) is 37.5 Å². The molecular formula is C30H28F5N7O. The van der Waals surface area contributed by atoms with E-state index in [9.17, 15) is 22.0 Å². The lowest BCUT2D eigenvalue weighted by Crippen LogP contribution is -2.43. The van der Waals surface area contributed by atoms with Gasteiger partial charge in [-0.2, -0.15) is 13.2 Å². The van der Waals surface area contributed by atoms with Gasteiger partial charge in [0.2, 0.25) is 0 Å². The van der Waals surface area contributed by atoms with E-state index < -0.39 is 23.5 Å². The van der Waals surface area contributed by atoms with Gasteiger partial charge in [-0.3, -0.25) is 10.4 Å². The number of hydrogen-bond donors (Lipinski definition) is 4. The lowest BCUT2D eigenvalue weighted by molar-refractivity contribution is -0.141. The number of benzene rings is 2. The fourth-order valence-corrected chi connectivity index (χ4v) is 4.55. The van der Waals surface area contributed by atoms with Gasteiger partial charge in [0, 0.05) is 59.1 Å². The first kappa shape index (κ1) is 29.8. The van der Waals surface area contributed by atoms with Crippen LogP contribution < -0.4 is 20.7 Å². The number of halogens is 5. The molecule has 0 unspecified atom stereocenters. The van der Waals surface area contributed by atoms with Crippen LogP contribution in [0, 0.1) is 23.0 Å². The highest BCUT2D eigenvalue weighted by molar-refractivity contribution is 6.12. The summed E-state index contributed by atoms with van der Waals surface area (Å²) in [4.78, 5) is 12.3. The maximum absolute atomic E-state index is 14.6. The van der Waals surface area contributed by atoms with E-state index in [1.165, 1.54) is 6.07 Å². The Balaban J connectivity index is 1.42. The minimum Gasteiger partial charge on any atom is -0.494 e. The molecule has 2 aromatic heterocycles. The topological polar surface area (TPSA) is 108 Å². The predicted molar refractivity (Wildman–Crippen MR) is 152 cm³/mol. The van der Waals surface area contributed by atoms with Gasteiger partial charge < -0.3 is 20.7 Å². The van der Waals surface area contributed by atoms with E-state index in [2.05, 4.69) is 30.9 Å². The number of aromatic nitrogens is 3. The smallest absolute Gasteiger partial charge is 0.433 e. The fourth-order valence-electron chi connectivity index (χ4n) is 4.55. The van der Waals surface area contributed by atoms with E-state index >= 15 is 0 Å². The molecule has 0 aliphatic carbocycles. The quantitative estimate of drug-likeness (QED) is 0.122. The molecule has 0 saturated carbocycles. The van der Waals surface area contributed by atoms with Crippen molar-refractivity contribution in [3.05, 3.63) is 101 Å². The van der Waals surface area contributed by atoms with Gasteiger partial charge in [-0.15, -0.1) is 0 Å². The Labute approximate surface area is 244 Å². The van der Waals surface area contributed by atoms with E-state index in [0.29, 0.717) is 29.2 Å². The molecule has 4 aromatic rings. The van der Waals surface area contributed by atoms with Crippen LogP contribution in [0.1, 0.15) is 35.1 Å². The van der Waals surface area contributed by atoms with Crippen molar-refractivity contribution in [2.45, 2.75) is 26.1 Å². The molecule has 0 radical (unpaired) electrons. The summed E-state index contributed by atoms with van der Waals surface area (Å²) in [5.41, 5.74) is 0.240. The van der Waals surface area contributed by atoms with Crippen molar-refractivity contribution < 1.29 is 26.7 Å². The molecule has 0 atom stereocenters. The number of ether oxygens (including phenoxy) is 1. The highest BCUT2D eigenvalue weighted by Gasteiger charge is 2.32. The summed E-state index contributed by atoms with van der Waals surface area (Å²) in [6, 6.07) is 11.2. The second kappa shape index (κ2) is 12.7. The molecule has 8 nitrogen and oxygen atoms in total. The molecule has 4 N–H and O–H groups in total. The van der Waals surface area contributed by atoms with Crippen LogP contribution >= 0.6 is 0 Å². The normalized spacial score (nSPS) is 13.3. The predicted octanol–water partition coefficient (Wildman–Crippen LogP) is 6.10. The summed E-state index contributed by atoms with van der Waals surface area (Å²) in [7, 11) is 0. The number of nitrogens with zero attached hydrogens (tertiary/aromatic N) is 3. The van der Waals surface area contributed by atoms with Gasteiger partial charge in [0.05, 0.1) is 6.61 Å². The lowest BCUT2D eigenvalue weighted by atomic mass is 9.95. The van der Waals surface area contributed by atoms with Gasteiger partial charge in [0.25, 0.3) is 0 Å². The average Bonchev–Trinajstić information content (AvgIpc) is 2.95. The second-order valence-corrected chi connectivity index (χ2v) is 9.92. The number of pyridine rings is 1. The number of nitrogens with one attached hydrogen (secondary N) is 4. The molecule has 0 amide bonds. The maximum Gasteiger partial charge on any atom is 0.433 e. The van der Waals surface area contributed by atoms with E-state index in [4.69, 9.17) is 10.1 Å². The minimum absolute atomic E-state index is 0.00997. The molecule has 1 saturated heterocycles. The molecule has 0 spiro atoms. The minimum atomic E-state index is -4.62. The SMILES string of the molecule is CCOc1cc(F)c(CNc2ccccc2C(=N)c2ncc(CC3CNC3)c(Nc3ccnc(C(F)(F)F)c3)n2)c(F)c1. The third-order valence-corrected chi connectivity index (χ3v) is 6.85. The fraction of sp³-hybridized carbons (Fsp3) is 0.267. The Bertz CT molecular complexity index is 1600. The molecule has 1 aliphatic heterocycles. The third kappa shape index (κ3) is 7.05. The van der Waals surface area contributed by atoms with E-state index in [1.54, 1.807) is 37.4 Å².